The van der Waals surface area contributed by atoms with E-state index in [0.29, 0.717) is 24.0 Å². The number of fused-ring (bicyclic) bond motifs is 1. The Morgan fingerprint density at radius 3 is 2.50 bits per heavy atom. The molecule has 2 amide bonds. The number of amides is 2. The molecule has 0 spiro atoms. The number of benzene rings is 1. The number of carbonyl (C=O) groups is 2. The van der Waals surface area contributed by atoms with Gasteiger partial charge in [0.2, 0.25) is 5.91 Å². The Morgan fingerprint density at radius 1 is 1.21 bits per heavy atom. The minimum absolute atomic E-state index is 0.0887. The lowest BCUT2D eigenvalue weighted by Gasteiger charge is -2.21. The molecular weight excluding hydrogens is 304 g/mol. The number of nitrogens with one attached hydrogen (secondary N) is 1. The van der Waals surface area contributed by atoms with E-state index in [9.17, 15) is 9.59 Å². The standard InChI is InChI=1S/C18H22N4O2/c1-10(2)22-9-14(8-17(22)23)21-18(24)13-5-6-15-16(7-13)20-12(4)11(3)19-15/h5-7,10,14H,8-9H2,1-4H3,(H,21,24). The van der Waals surface area contributed by atoms with Gasteiger partial charge in [-0.15, -0.1) is 0 Å². The molecule has 1 fully saturated rings. The summed E-state index contributed by atoms with van der Waals surface area (Å²) in [6, 6.07) is 5.32. The van der Waals surface area contributed by atoms with Crippen LogP contribution in [0.2, 0.25) is 0 Å². The second kappa shape index (κ2) is 6.19. The molecule has 1 atom stereocenters. The maximum Gasteiger partial charge on any atom is 0.251 e. The SMILES string of the molecule is Cc1nc2ccc(C(=O)NC3CC(=O)N(C(C)C)C3)cc2nc1C. The summed E-state index contributed by atoms with van der Waals surface area (Å²) in [5.74, 6) is -0.0916. The largest absolute Gasteiger partial charge is 0.347 e. The lowest BCUT2D eigenvalue weighted by Crippen LogP contribution is -2.38. The van der Waals surface area contributed by atoms with Gasteiger partial charge in [0.15, 0.2) is 0 Å². The van der Waals surface area contributed by atoms with E-state index >= 15 is 0 Å². The first-order valence-corrected chi connectivity index (χ1v) is 8.20. The van der Waals surface area contributed by atoms with Gasteiger partial charge in [-0.1, -0.05) is 0 Å². The third-order valence-corrected chi connectivity index (χ3v) is 4.45. The van der Waals surface area contributed by atoms with Gasteiger partial charge in [0.25, 0.3) is 5.91 Å². The number of nitrogens with zero attached hydrogens (tertiary/aromatic N) is 3. The van der Waals surface area contributed by atoms with E-state index in [1.807, 2.05) is 33.8 Å². The number of likely N-dealkylation sites (tertiary alicyclic amines) is 1. The summed E-state index contributed by atoms with van der Waals surface area (Å²) in [6.07, 6.45) is 0.357. The number of rotatable bonds is 3. The van der Waals surface area contributed by atoms with E-state index in [2.05, 4.69) is 15.3 Å². The van der Waals surface area contributed by atoms with Crippen LogP contribution in [0.15, 0.2) is 18.2 Å². The highest BCUT2D eigenvalue weighted by Crippen LogP contribution is 2.17. The summed E-state index contributed by atoms with van der Waals surface area (Å²) in [5, 5.41) is 2.95. The topological polar surface area (TPSA) is 75.2 Å². The second-order valence-electron chi connectivity index (χ2n) is 6.61. The Labute approximate surface area is 141 Å². The molecule has 0 saturated carbocycles. The smallest absolute Gasteiger partial charge is 0.251 e. The fraction of sp³-hybridized carbons (Fsp3) is 0.444. The summed E-state index contributed by atoms with van der Waals surface area (Å²) < 4.78 is 0. The molecule has 2 aromatic rings. The van der Waals surface area contributed by atoms with Crippen molar-refractivity contribution in [3.05, 3.63) is 35.2 Å². The van der Waals surface area contributed by atoms with Crippen molar-refractivity contribution in [1.82, 2.24) is 20.2 Å². The highest BCUT2D eigenvalue weighted by Gasteiger charge is 2.32. The van der Waals surface area contributed by atoms with E-state index < -0.39 is 0 Å². The molecule has 1 aromatic heterocycles. The first kappa shape index (κ1) is 16.4. The van der Waals surface area contributed by atoms with Crippen molar-refractivity contribution in [1.29, 1.82) is 0 Å². The van der Waals surface area contributed by atoms with Gasteiger partial charge in [-0.2, -0.15) is 0 Å². The number of hydrogen-bond acceptors (Lipinski definition) is 4. The third-order valence-electron chi connectivity index (χ3n) is 4.45. The summed E-state index contributed by atoms with van der Waals surface area (Å²) in [5.41, 5.74) is 3.76. The van der Waals surface area contributed by atoms with Crippen LogP contribution in [-0.2, 0) is 4.79 Å². The summed E-state index contributed by atoms with van der Waals surface area (Å²) in [6.45, 7) is 8.34. The van der Waals surface area contributed by atoms with Crippen molar-refractivity contribution in [3.63, 3.8) is 0 Å². The molecule has 0 radical (unpaired) electrons. The lowest BCUT2D eigenvalue weighted by molar-refractivity contribution is -0.129. The molecule has 1 N–H and O–H groups in total. The average Bonchev–Trinajstić information content (AvgIpc) is 2.88. The molecule has 0 aliphatic carbocycles. The zero-order valence-electron chi connectivity index (χ0n) is 14.5. The minimum atomic E-state index is -0.180. The van der Waals surface area contributed by atoms with E-state index in [4.69, 9.17) is 0 Å². The van der Waals surface area contributed by atoms with Crippen molar-refractivity contribution in [3.8, 4) is 0 Å². The summed E-state index contributed by atoms with van der Waals surface area (Å²) in [7, 11) is 0. The lowest BCUT2D eigenvalue weighted by atomic mass is 10.1. The first-order valence-electron chi connectivity index (χ1n) is 8.20. The Morgan fingerprint density at radius 2 is 1.88 bits per heavy atom. The maximum absolute atomic E-state index is 12.5. The van der Waals surface area contributed by atoms with Crippen molar-refractivity contribution < 1.29 is 9.59 Å². The minimum Gasteiger partial charge on any atom is -0.347 e. The summed E-state index contributed by atoms with van der Waals surface area (Å²) >= 11 is 0. The van der Waals surface area contributed by atoms with Gasteiger partial charge in [-0.25, -0.2) is 9.97 Å². The molecule has 1 saturated heterocycles. The Bertz CT molecular complexity index is 816. The van der Waals surface area contributed by atoms with Crippen LogP contribution in [0.1, 0.15) is 42.0 Å². The van der Waals surface area contributed by atoms with Gasteiger partial charge in [0, 0.05) is 24.6 Å². The molecule has 1 unspecified atom stereocenters. The Balaban J connectivity index is 1.77. The van der Waals surface area contributed by atoms with E-state index in [-0.39, 0.29) is 23.9 Å². The number of hydrogen-bond donors (Lipinski definition) is 1. The normalized spacial score (nSPS) is 17.8. The van der Waals surface area contributed by atoms with Gasteiger partial charge in [0.1, 0.15) is 0 Å². The quantitative estimate of drug-likeness (QED) is 0.936. The zero-order valence-corrected chi connectivity index (χ0v) is 14.5. The molecule has 1 aliphatic heterocycles. The van der Waals surface area contributed by atoms with Gasteiger partial charge >= 0.3 is 0 Å². The molecule has 1 aliphatic rings. The zero-order chi connectivity index (χ0) is 17.4. The van der Waals surface area contributed by atoms with Gasteiger partial charge in [-0.05, 0) is 45.9 Å². The molecule has 3 rings (SSSR count). The predicted octanol–water partition coefficient (Wildman–Crippen LogP) is 1.99. The fourth-order valence-electron chi connectivity index (χ4n) is 2.97. The van der Waals surface area contributed by atoms with E-state index in [0.717, 1.165) is 16.9 Å². The van der Waals surface area contributed by atoms with Crippen molar-refractivity contribution in [2.24, 2.45) is 0 Å². The average molecular weight is 326 g/mol. The first-order chi connectivity index (χ1) is 11.3. The molecular formula is C18H22N4O2. The van der Waals surface area contributed by atoms with Gasteiger partial charge in [0.05, 0.1) is 28.5 Å². The number of aromatic nitrogens is 2. The van der Waals surface area contributed by atoms with Crippen LogP contribution in [0.5, 0.6) is 0 Å². The monoisotopic (exact) mass is 326 g/mol. The van der Waals surface area contributed by atoms with Crippen LogP contribution in [0.4, 0.5) is 0 Å². The fourth-order valence-corrected chi connectivity index (χ4v) is 2.97. The van der Waals surface area contributed by atoms with Crippen molar-refractivity contribution >= 4 is 22.8 Å². The highest BCUT2D eigenvalue weighted by molar-refractivity contribution is 5.98. The molecule has 2 heterocycles. The Hall–Kier alpha value is -2.50. The summed E-state index contributed by atoms with van der Waals surface area (Å²) in [4.78, 5) is 35.2. The van der Waals surface area contributed by atoms with Crippen LogP contribution in [0.3, 0.4) is 0 Å². The van der Waals surface area contributed by atoms with E-state index in [1.54, 1.807) is 17.0 Å². The van der Waals surface area contributed by atoms with Crippen LogP contribution in [0, 0.1) is 13.8 Å². The molecule has 24 heavy (non-hydrogen) atoms. The second-order valence-corrected chi connectivity index (χ2v) is 6.61. The van der Waals surface area contributed by atoms with Crippen molar-refractivity contribution in [2.45, 2.75) is 46.2 Å². The third kappa shape index (κ3) is 3.09. The van der Waals surface area contributed by atoms with Crippen LogP contribution < -0.4 is 5.32 Å². The molecule has 1 aromatic carbocycles. The van der Waals surface area contributed by atoms with Gasteiger partial charge < -0.3 is 10.2 Å². The Kier molecular flexibility index (Phi) is 4.22. The van der Waals surface area contributed by atoms with Crippen LogP contribution in [-0.4, -0.2) is 45.3 Å². The highest BCUT2D eigenvalue weighted by atomic mass is 16.2. The molecule has 6 heteroatoms. The van der Waals surface area contributed by atoms with E-state index in [1.165, 1.54) is 0 Å². The predicted molar refractivity (Wildman–Crippen MR) is 91.7 cm³/mol. The van der Waals surface area contributed by atoms with Crippen LogP contribution in [0.25, 0.3) is 11.0 Å². The molecule has 6 nitrogen and oxygen atoms in total. The number of carbonyl (C=O) groups excluding carboxylic acids is 2. The van der Waals surface area contributed by atoms with Crippen molar-refractivity contribution in [2.75, 3.05) is 6.54 Å². The van der Waals surface area contributed by atoms with Crippen LogP contribution >= 0.6 is 0 Å². The number of aryl methyl sites for hydroxylation is 2. The molecule has 0 bridgehead atoms. The molecule has 126 valence electrons. The van der Waals surface area contributed by atoms with Gasteiger partial charge in [-0.3, -0.25) is 9.59 Å². The maximum atomic E-state index is 12.5.